The number of imidazole rings is 2. The van der Waals surface area contributed by atoms with Crippen LogP contribution in [0.1, 0.15) is 30.4 Å². The van der Waals surface area contributed by atoms with Crippen LogP contribution in [0.15, 0.2) is 53.2 Å². The topological polar surface area (TPSA) is 216 Å². The van der Waals surface area contributed by atoms with E-state index in [4.69, 9.17) is 5.73 Å². The van der Waals surface area contributed by atoms with E-state index in [0.29, 0.717) is 5.96 Å². The Bertz CT molecular complexity index is 1430. The van der Waals surface area contributed by atoms with Crippen LogP contribution in [0.3, 0.4) is 0 Å². The number of aromatic amines is 1. The largest absolute Gasteiger partial charge is 0.370 e. The second-order valence-corrected chi connectivity index (χ2v) is 10.3. The van der Waals surface area contributed by atoms with Gasteiger partial charge in [-0.1, -0.05) is 0 Å². The molecule has 17 heteroatoms. The number of aryl methyl sites for hydroxylation is 3. The number of anilines is 1. The molecule has 42 heavy (non-hydrogen) atoms. The number of hydrazone groups is 1. The van der Waals surface area contributed by atoms with E-state index in [9.17, 15) is 25.0 Å². The lowest BCUT2D eigenvalue weighted by atomic mass is 10.2. The summed E-state index contributed by atoms with van der Waals surface area (Å²) in [6.07, 6.45) is 7.46. The molecular weight excluding hydrogens is 566 g/mol. The number of nitro groups is 2. The number of hydrogen-bond donors (Lipinski definition) is 3. The molecule has 16 nitrogen and oxygen atoms in total. The lowest BCUT2D eigenvalue weighted by Crippen LogP contribution is -2.37. The fraction of sp³-hybridized carbons (Fsp3) is 0.400. The van der Waals surface area contributed by atoms with E-state index in [1.165, 1.54) is 31.2 Å². The van der Waals surface area contributed by atoms with Crippen LogP contribution in [0.25, 0.3) is 0 Å². The molecule has 1 aromatic carbocycles. The highest BCUT2D eigenvalue weighted by Gasteiger charge is 2.43. The Balaban J connectivity index is 0.000000235. The van der Waals surface area contributed by atoms with Gasteiger partial charge in [0, 0.05) is 60.6 Å². The predicted molar refractivity (Wildman–Crippen MR) is 160 cm³/mol. The van der Waals surface area contributed by atoms with Crippen molar-refractivity contribution in [2.24, 2.45) is 22.9 Å². The monoisotopic (exact) mass is 599 g/mol. The quantitative estimate of drug-likeness (QED) is 0.0906. The third-order valence-corrected chi connectivity index (χ3v) is 6.94. The maximum atomic E-state index is 11.8. The number of rotatable bonds is 12. The minimum absolute atomic E-state index is 0.0772. The molecule has 0 saturated heterocycles. The Hall–Kier alpha value is -4.80. The van der Waals surface area contributed by atoms with Gasteiger partial charge in [-0.05, 0) is 38.8 Å². The molecule has 0 saturated carbocycles. The van der Waals surface area contributed by atoms with Crippen LogP contribution in [-0.2, 0) is 24.0 Å². The molecular formula is C25H33N11O5S. The van der Waals surface area contributed by atoms with E-state index < -0.39 is 21.8 Å². The number of non-ortho nitro benzene ring substituents is 1. The molecule has 224 valence electrons. The van der Waals surface area contributed by atoms with Gasteiger partial charge in [0.1, 0.15) is 5.71 Å². The van der Waals surface area contributed by atoms with Gasteiger partial charge in [-0.3, -0.25) is 30.0 Å². The van der Waals surface area contributed by atoms with Crippen LogP contribution < -0.4 is 16.1 Å². The highest BCUT2D eigenvalue weighted by Crippen LogP contribution is 2.24. The van der Waals surface area contributed by atoms with Crippen molar-refractivity contribution in [1.29, 1.82) is 0 Å². The second-order valence-electron chi connectivity index (χ2n) is 9.21. The third kappa shape index (κ3) is 9.12. The van der Waals surface area contributed by atoms with Gasteiger partial charge >= 0.3 is 11.9 Å². The van der Waals surface area contributed by atoms with Gasteiger partial charge in [-0.15, -0.1) is 0 Å². The molecule has 1 aliphatic heterocycles. The summed E-state index contributed by atoms with van der Waals surface area (Å²) < 4.78 is 1.96. The van der Waals surface area contributed by atoms with E-state index in [0.717, 1.165) is 59.5 Å². The average molecular weight is 600 g/mol. The minimum atomic E-state index is -1.49. The lowest BCUT2D eigenvalue weighted by Gasteiger charge is -2.10. The molecule has 2 aromatic heterocycles. The highest BCUT2D eigenvalue weighted by molar-refractivity contribution is 7.98. The van der Waals surface area contributed by atoms with Crippen molar-refractivity contribution in [2.45, 2.75) is 38.5 Å². The fourth-order valence-electron chi connectivity index (χ4n) is 3.76. The van der Waals surface area contributed by atoms with Crippen molar-refractivity contribution in [3.8, 4) is 0 Å². The minimum Gasteiger partial charge on any atom is -0.370 e. The van der Waals surface area contributed by atoms with Crippen molar-refractivity contribution in [3.63, 3.8) is 0 Å². The molecule has 4 N–H and O–H groups in total. The maximum Gasteiger partial charge on any atom is 0.331 e. The zero-order chi connectivity index (χ0) is 30.6. The van der Waals surface area contributed by atoms with Gasteiger partial charge in [0.25, 0.3) is 5.69 Å². The molecule has 0 spiro atoms. The summed E-state index contributed by atoms with van der Waals surface area (Å²) >= 11 is 1.83. The smallest absolute Gasteiger partial charge is 0.331 e. The first-order valence-electron chi connectivity index (χ1n) is 12.9. The summed E-state index contributed by atoms with van der Waals surface area (Å²) in [5.74, 6) is 1.62. The zero-order valence-corrected chi connectivity index (χ0v) is 24.3. The number of amides is 1. The number of H-pyrrole nitrogens is 1. The van der Waals surface area contributed by atoms with Gasteiger partial charge in [0.2, 0.25) is 0 Å². The molecule has 1 atom stereocenters. The van der Waals surface area contributed by atoms with Crippen LogP contribution in [0, 0.1) is 27.2 Å². The number of nitrogens with two attached hydrogens (primary N) is 1. The summed E-state index contributed by atoms with van der Waals surface area (Å²) in [6.45, 7) is 4.95. The number of hydrogen-bond acceptors (Lipinski definition) is 10. The first kappa shape index (κ1) is 31.7. The Morgan fingerprint density at radius 3 is 2.52 bits per heavy atom. The van der Waals surface area contributed by atoms with Crippen LogP contribution in [0.4, 0.5) is 11.4 Å². The first-order valence-corrected chi connectivity index (χ1v) is 14.1. The van der Waals surface area contributed by atoms with Gasteiger partial charge in [-0.25, -0.2) is 9.97 Å². The standard InChI is InChI=1S/C15H25N7S.C10H8N4O5/c1-12-14(20-10-19-12)9-23-7-6-18-15(16)17-5-3-4-13-8-22(2)11-21-13;1-6-9(14(18)19)10(15)12(11-6)7-2-4-8(5-3-7)13(16)17/h8,10-11H,3-7,9H2,1-2H3,(H,19,20)(H3,16,17,18);2-5,9H,1H3. The van der Waals surface area contributed by atoms with Gasteiger partial charge in [0.05, 0.1) is 34.7 Å². The molecule has 1 unspecified atom stereocenters. The number of nitrogens with one attached hydrogen (secondary N) is 2. The Morgan fingerprint density at radius 2 is 1.95 bits per heavy atom. The first-order chi connectivity index (χ1) is 20.1. The summed E-state index contributed by atoms with van der Waals surface area (Å²) in [6, 6.07) is 3.54. The average Bonchev–Trinajstić information content (AvgIpc) is 3.64. The van der Waals surface area contributed by atoms with Crippen LogP contribution in [-0.4, -0.2) is 71.8 Å². The number of carbonyl (C=O) groups is 1. The van der Waals surface area contributed by atoms with Crippen LogP contribution in [0.5, 0.6) is 0 Å². The summed E-state index contributed by atoms with van der Waals surface area (Å²) in [5, 5.41) is 29.1. The van der Waals surface area contributed by atoms with Gasteiger partial charge in [0.15, 0.2) is 5.96 Å². The van der Waals surface area contributed by atoms with Gasteiger partial charge in [-0.2, -0.15) is 21.9 Å². The number of carbonyl (C=O) groups excluding carboxylic acids is 1. The third-order valence-electron chi connectivity index (χ3n) is 5.97. The second kappa shape index (κ2) is 15.3. The molecule has 0 fully saturated rings. The van der Waals surface area contributed by atoms with Crippen molar-refractivity contribution >= 4 is 40.7 Å². The Morgan fingerprint density at radius 1 is 1.21 bits per heavy atom. The zero-order valence-electron chi connectivity index (χ0n) is 23.5. The van der Waals surface area contributed by atoms with E-state index in [1.54, 1.807) is 6.33 Å². The lowest BCUT2D eigenvalue weighted by molar-refractivity contribution is -0.488. The van der Waals surface area contributed by atoms with E-state index in [1.807, 2.05) is 42.8 Å². The van der Waals surface area contributed by atoms with E-state index >= 15 is 0 Å². The van der Waals surface area contributed by atoms with E-state index in [-0.39, 0.29) is 17.1 Å². The number of nitro benzene ring substituents is 1. The van der Waals surface area contributed by atoms with Crippen molar-refractivity contribution < 1.29 is 14.6 Å². The summed E-state index contributed by atoms with van der Waals surface area (Å²) in [4.78, 5) is 47.7. The number of benzene rings is 1. The number of thioether (sulfide) groups is 1. The highest BCUT2D eigenvalue weighted by atomic mass is 32.2. The SMILES string of the molecule is CC1=NN(c2ccc([N+](=O)[O-])cc2)C(=O)C1[N+](=O)[O-].Cc1[nH]cnc1CSCCNC(N)=NCCCc1cn(C)cn1. The van der Waals surface area contributed by atoms with Crippen molar-refractivity contribution in [1.82, 2.24) is 24.8 Å². The number of guanidine groups is 1. The number of nitrogens with zero attached hydrogens (tertiary/aromatic N) is 8. The Labute approximate surface area is 245 Å². The summed E-state index contributed by atoms with van der Waals surface area (Å²) in [7, 11) is 1.97. The molecule has 4 rings (SSSR count). The molecule has 1 aliphatic rings. The van der Waals surface area contributed by atoms with E-state index in [2.05, 4.69) is 30.4 Å². The normalized spacial score (nSPS) is 14.8. The van der Waals surface area contributed by atoms with Crippen LogP contribution >= 0.6 is 11.8 Å². The maximum absolute atomic E-state index is 11.8. The molecule has 0 bridgehead atoms. The molecule has 3 heterocycles. The van der Waals surface area contributed by atoms with Gasteiger partial charge < -0.3 is 20.6 Å². The Kier molecular flexibility index (Phi) is 11.5. The predicted octanol–water partition coefficient (Wildman–Crippen LogP) is 2.18. The molecule has 0 aliphatic carbocycles. The molecule has 1 amide bonds. The fourth-order valence-corrected chi connectivity index (χ4v) is 4.64. The van der Waals surface area contributed by atoms with Crippen molar-refractivity contribution in [3.05, 3.63) is 80.4 Å². The number of aliphatic imine (C=N–C) groups is 1. The van der Waals surface area contributed by atoms with Crippen molar-refractivity contribution in [2.75, 3.05) is 23.9 Å². The molecule has 0 radical (unpaired) electrons. The molecule has 3 aromatic rings. The summed E-state index contributed by atoms with van der Waals surface area (Å²) in [5.41, 5.74) is 9.39. The number of aromatic nitrogens is 4. The van der Waals surface area contributed by atoms with Crippen LogP contribution in [0.2, 0.25) is 0 Å².